The third-order valence-corrected chi connectivity index (χ3v) is 3.81. The van der Waals surface area contributed by atoms with E-state index in [1.807, 2.05) is 30.3 Å². The average Bonchev–Trinajstić information content (AvgIpc) is 2.35. The monoisotopic (exact) mass is 325 g/mol. The minimum absolute atomic E-state index is 0.181. The standard InChI is InChI=1S/C14H13BrFNS/c15-11-3-1-5-13(9-11)17-7-8-18-14-6-2-4-12(16)10-14/h1-6,9-10,17H,7-8H2. The van der Waals surface area contributed by atoms with Crippen LogP contribution in [0.5, 0.6) is 0 Å². The number of benzene rings is 2. The molecule has 0 aliphatic carbocycles. The lowest BCUT2D eigenvalue weighted by Gasteiger charge is -2.06. The molecule has 0 unspecified atom stereocenters. The molecular weight excluding hydrogens is 313 g/mol. The van der Waals surface area contributed by atoms with Crippen LogP contribution >= 0.6 is 27.7 Å². The van der Waals surface area contributed by atoms with Gasteiger partial charge in [0.15, 0.2) is 0 Å². The SMILES string of the molecule is Fc1cccc(SCCNc2cccc(Br)c2)c1. The molecule has 0 spiro atoms. The normalized spacial score (nSPS) is 10.3. The number of anilines is 1. The second-order valence-electron chi connectivity index (χ2n) is 3.74. The molecule has 1 nitrogen and oxygen atoms in total. The van der Waals surface area contributed by atoms with Crippen LogP contribution < -0.4 is 5.32 Å². The summed E-state index contributed by atoms with van der Waals surface area (Å²) in [4.78, 5) is 0.964. The van der Waals surface area contributed by atoms with E-state index in [1.54, 1.807) is 23.9 Å². The molecule has 0 aliphatic heterocycles. The highest BCUT2D eigenvalue weighted by atomic mass is 79.9. The van der Waals surface area contributed by atoms with Gasteiger partial charge in [0.2, 0.25) is 0 Å². The van der Waals surface area contributed by atoms with E-state index in [-0.39, 0.29) is 5.82 Å². The van der Waals surface area contributed by atoms with E-state index in [9.17, 15) is 4.39 Å². The molecule has 2 aromatic carbocycles. The Kier molecular flexibility index (Phi) is 5.08. The van der Waals surface area contributed by atoms with Gasteiger partial charge in [0.1, 0.15) is 5.82 Å². The first-order valence-corrected chi connectivity index (χ1v) is 7.40. The van der Waals surface area contributed by atoms with Crippen molar-refractivity contribution in [2.45, 2.75) is 4.90 Å². The second kappa shape index (κ2) is 6.81. The van der Waals surface area contributed by atoms with Gasteiger partial charge in [0.25, 0.3) is 0 Å². The van der Waals surface area contributed by atoms with E-state index in [2.05, 4.69) is 21.2 Å². The minimum Gasteiger partial charge on any atom is -0.384 e. The summed E-state index contributed by atoms with van der Waals surface area (Å²) in [6.45, 7) is 0.845. The van der Waals surface area contributed by atoms with Crippen molar-refractivity contribution in [1.82, 2.24) is 0 Å². The van der Waals surface area contributed by atoms with Gasteiger partial charge < -0.3 is 5.32 Å². The zero-order valence-corrected chi connectivity index (χ0v) is 12.1. The van der Waals surface area contributed by atoms with Crippen LogP contribution in [0.1, 0.15) is 0 Å². The Hall–Kier alpha value is -1.00. The van der Waals surface area contributed by atoms with E-state index in [0.717, 1.165) is 27.4 Å². The van der Waals surface area contributed by atoms with Gasteiger partial charge in [-0.2, -0.15) is 0 Å². The van der Waals surface area contributed by atoms with Gasteiger partial charge in [-0.3, -0.25) is 0 Å². The summed E-state index contributed by atoms with van der Waals surface area (Å²) in [5, 5.41) is 3.33. The van der Waals surface area contributed by atoms with E-state index >= 15 is 0 Å². The van der Waals surface area contributed by atoms with Gasteiger partial charge in [0, 0.05) is 27.4 Å². The molecule has 18 heavy (non-hydrogen) atoms. The Morgan fingerprint density at radius 2 is 1.94 bits per heavy atom. The van der Waals surface area contributed by atoms with E-state index in [0.29, 0.717) is 0 Å². The van der Waals surface area contributed by atoms with Crippen molar-refractivity contribution in [1.29, 1.82) is 0 Å². The third kappa shape index (κ3) is 4.35. The van der Waals surface area contributed by atoms with E-state index in [1.165, 1.54) is 6.07 Å². The number of rotatable bonds is 5. The Morgan fingerprint density at radius 3 is 2.72 bits per heavy atom. The molecular formula is C14H13BrFNS. The molecule has 0 saturated carbocycles. The van der Waals surface area contributed by atoms with Crippen LogP contribution in [-0.2, 0) is 0 Å². The summed E-state index contributed by atoms with van der Waals surface area (Å²) in [5.74, 6) is 0.718. The smallest absolute Gasteiger partial charge is 0.124 e. The van der Waals surface area contributed by atoms with Crippen LogP contribution in [-0.4, -0.2) is 12.3 Å². The fourth-order valence-corrected chi connectivity index (χ4v) is 2.73. The first-order chi connectivity index (χ1) is 8.74. The molecule has 0 aromatic heterocycles. The summed E-state index contributed by atoms with van der Waals surface area (Å²) in [7, 11) is 0. The summed E-state index contributed by atoms with van der Waals surface area (Å²) < 4.78 is 14.0. The predicted molar refractivity (Wildman–Crippen MR) is 79.8 cm³/mol. The largest absolute Gasteiger partial charge is 0.384 e. The molecule has 1 N–H and O–H groups in total. The van der Waals surface area contributed by atoms with Crippen molar-refractivity contribution in [3.63, 3.8) is 0 Å². The second-order valence-corrected chi connectivity index (χ2v) is 5.83. The van der Waals surface area contributed by atoms with Crippen molar-refractivity contribution in [3.05, 3.63) is 58.8 Å². The zero-order chi connectivity index (χ0) is 12.8. The van der Waals surface area contributed by atoms with Gasteiger partial charge >= 0.3 is 0 Å². The van der Waals surface area contributed by atoms with Crippen molar-refractivity contribution in [2.24, 2.45) is 0 Å². The molecule has 94 valence electrons. The number of nitrogens with one attached hydrogen (secondary N) is 1. The Morgan fingerprint density at radius 1 is 1.11 bits per heavy atom. The van der Waals surface area contributed by atoms with Crippen LogP contribution in [0.3, 0.4) is 0 Å². The Bertz CT molecular complexity index is 471. The van der Waals surface area contributed by atoms with Crippen molar-refractivity contribution in [2.75, 3.05) is 17.6 Å². The van der Waals surface area contributed by atoms with Crippen LogP contribution in [0.15, 0.2) is 57.9 Å². The fourth-order valence-electron chi connectivity index (χ4n) is 1.52. The summed E-state index contributed by atoms with van der Waals surface area (Å²) >= 11 is 5.07. The molecule has 0 bridgehead atoms. The van der Waals surface area contributed by atoms with Crippen LogP contribution in [0.25, 0.3) is 0 Å². The zero-order valence-electron chi connectivity index (χ0n) is 9.70. The van der Waals surface area contributed by atoms with Crippen LogP contribution in [0.4, 0.5) is 10.1 Å². The van der Waals surface area contributed by atoms with Gasteiger partial charge in [-0.1, -0.05) is 28.1 Å². The van der Waals surface area contributed by atoms with Gasteiger partial charge in [-0.15, -0.1) is 11.8 Å². The van der Waals surface area contributed by atoms with Crippen molar-refractivity contribution < 1.29 is 4.39 Å². The lowest BCUT2D eigenvalue weighted by atomic mass is 10.3. The maximum atomic E-state index is 13.0. The summed E-state index contributed by atoms with van der Waals surface area (Å²) in [6, 6.07) is 14.7. The number of hydrogen-bond acceptors (Lipinski definition) is 2. The average molecular weight is 326 g/mol. The summed E-state index contributed by atoms with van der Waals surface area (Å²) in [5.41, 5.74) is 1.09. The maximum absolute atomic E-state index is 13.0. The Balaban J connectivity index is 1.76. The molecule has 0 saturated heterocycles. The van der Waals surface area contributed by atoms with Crippen LogP contribution in [0, 0.1) is 5.82 Å². The quantitative estimate of drug-likeness (QED) is 0.626. The first-order valence-electron chi connectivity index (χ1n) is 5.62. The highest BCUT2D eigenvalue weighted by molar-refractivity contribution is 9.10. The van der Waals surface area contributed by atoms with E-state index < -0.39 is 0 Å². The Labute approximate surface area is 119 Å². The van der Waals surface area contributed by atoms with E-state index in [4.69, 9.17) is 0 Å². The molecule has 4 heteroatoms. The van der Waals surface area contributed by atoms with Gasteiger partial charge in [-0.25, -0.2) is 4.39 Å². The molecule has 2 aromatic rings. The minimum atomic E-state index is -0.181. The molecule has 0 radical (unpaired) electrons. The highest BCUT2D eigenvalue weighted by Crippen LogP contribution is 2.19. The molecule has 0 aliphatic rings. The van der Waals surface area contributed by atoms with Crippen molar-refractivity contribution >= 4 is 33.4 Å². The third-order valence-electron chi connectivity index (χ3n) is 2.32. The molecule has 0 heterocycles. The van der Waals surface area contributed by atoms with Crippen LogP contribution in [0.2, 0.25) is 0 Å². The van der Waals surface area contributed by atoms with Crippen molar-refractivity contribution in [3.8, 4) is 0 Å². The molecule has 0 fully saturated rings. The molecule has 0 amide bonds. The number of hydrogen-bond donors (Lipinski definition) is 1. The predicted octanol–water partition coefficient (Wildman–Crippen LogP) is 4.79. The fraction of sp³-hybridized carbons (Fsp3) is 0.143. The molecule has 0 atom stereocenters. The lowest BCUT2D eigenvalue weighted by molar-refractivity contribution is 0.624. The molecule has 2 rings (SSSR count). The highest BCUT2D eigenvalue weighted by Gasteiger charge is 1.97. The first kappa shape index (κ1) is 13.4. The topological polar surface area (TPSA) is 12.0 Å². The summed E-state index contributed by atoms with van der Waals surface area (Å²) in [6.07, 6.45) is 0. The maximum Gasteiger partial charge on any atom is 0.124 e. The number of thioether (sulfide) groups is 1. The van der Waals surface area contributed by atoms with Gasteiger partial charge in [-0.05, 0) is 36.4 Å². The number of halogens is 2. The van der Waals surface area contributed by atoms with Gasteiger partial charge in [0.05, 0.1) is 0 Å². The lowest BCUT2D eigenvalue weighted by Crippen LogP contribution is -2.03.